The summed E-state index contributed by atoms with van der Waals surface area (Å²) in [5.74, 6) is 1.26. The maximum absolute atomic E-state index is 12.9. The zero-order valence-corrected chi connectivity index (χ0v) is 18.4. The zero-order valence-electron chi connectivity index (χ0n) is 17.7. The number of ether oxygens (including phenoxy) is 2. The van der Waals surface area contributed by atoms with Crippen LogP contribution < -0.4 is 9.47 Å². The lowest BCUT2D eigenvalue weighted by molar-refractivity contribution is -0.0259. The Kier molecular flexibility index (Phi) is 6.66. The van der Waals surface area contributed by atoms with Gasteiger partial charge >= 0.3 is 5.38 Å². The van der Waals surface area contributed by atoms with E-state index in [1.54, 1.807) is 7.11 Å². The third kappa shape index (κ3) is 5.74. The van der Waals surface area contributed by atoms with Crippen LogP contribution >= 0.6 is 11.6 Å². The van der Waals surface area contributed by atoms with E-state index in [-0.39, 0.29) is 30.1 Å². The first kappa shape index (κ1) is 22.6. The topological polar surface area (TPSA) is 41.9 Å². The van der Waals surface area contributed by atoms with Gasteiger partial charge < -0.3 is 14.6 Å². The summed E-state index contributed by atoms with van der Waals surface area (Å²) in [5, 5.41) is 7.53. The number of benzene rings is 1. The number of aliphatic hydroxyl groups excluding tert-OH is 1. The van der Waals surface area contributed by atoms with Crippen LogP contribution in [0.5, 0.6) is 11.5 Å². The van der Waals surface area contributed by atoms with Gasteiger partial charge in [0.25, 0.3) is 0 Å². The van der Waals surface area contributed by atoms with E-state index in [9.17, 15) is 13.9 Å². The van der Waals surface area contributed by atoms with Crippen LogP contribution in [0.1, 0.15) is 57.2 Å². The molecule has 0 aliphatic carbocycles. The van der Waals surface area contributed by atoms with Gasteiger partial charge in [0.05, 0.1) is 26.2 Å². The summed E-state index contributed by atoms with van der Waals surface area (Å²) in [4.78, 5) is 2.46. The fourth-order valence-electron chi connectivity index (χ4n) is 4.64. The van der Waals surface area contributed by atoms with Crippen molar-refractivity contribution in [2.45, 2.75) is 64.0 Å². The fourth-order valence-corrected chi connectivity index (χ4v) is 4.71. The number of hydrogen-bond acceptors (Lipinski definition) is 4. The Morgan fingerprint density at radius 3 is 2.59 bits per heavy atom. The number of rotatable bonds is 6. The minimum absolute atomic E-state index is 0.139. The van der Waals surface area contributed by atoms with Gasteiger partial charge in [-0.3, -0.25) is 4.90 Å². The number of piperidine rings is 1. The van der Waals surface area contributed by atoms with E-state index >= 15 is 0 Å². The van der Waals surface area contributed by atoms with Crippen molar-refractivity contribution in [3.05, 3.63) is 23.3 Å². The molecule has 2 aliphatic heterocycles. The van der Waals surface area contributed by atoms with Crippen molar-refractivity contribution in [3.63, 3.8) is 0 Å². The number of halogens is 3. The van der Waals surface area contributed by atoms with Crippen molar-refractivity contribution in [2.24, 2.45) is 11.3 Å². The van der Waals surface area contributed by atoms with Crippen LogP contribution in [-0.2, 0) is 6.42 Å². The van der Waals surface area contributed by atoms with E-state index in [2.05, 4.69) is 25.7 Å². The molecule has 0 amide bonds. The molecule has 1 fully saturated rings. The molecule has 0 radical (unpaired) electrons. The number of hydrogen-bond donors (Lipinski definition) is 1. The lowest BCUT2D eigenvalue weighted by Gasteiger charge is -2.47. The van der Waals surface area contributed by atoms with Crippen molar-refractivity contribution in [3.8, 4) is 11.5 Å². The van der Waals surface area contributed by atoms with Gasteiger partial charge in [-0.15, -0.1) is 0 Å². The van der Waals surface area contributed by atoms with Gasteiger partial charge in [0.2, 0.25) is 0 Å². The van der Waals surface area contributed by atoms with Gasteiger partial charge in [0.15, 0.2) is 11.5 Å². The molecule has 1 N–H and O–H groups in total. The van der Waals surface area contributed by atoms with Crippen LogP contribution in [0.3, 0.4) is 0 Å². The van der Waals surface area contributed by atoms with Crippen LogP contribution in [0.4, 0.5) is 8.78 Å². The van der Waals surface area contributed by atoms with Crippen LogP contribution in [0.2, 0.25) is 0 Å². The molecule has 1 aromatic carbocycles. The molecule has 164 valence electrons. The molecule has 0 aromatic heterocycles. The first-order valence-electron chi connectivity index (χ1n) is 10.3. The summed E-state index contributed by atoms with van der Waals surface area (Å²) in [7, 11) is 1.54. The Morgan fingerprint density at radius 2 is 1.97 bits per heavy atom. The number of methoxy groups -OCH3 is 1. The molecule has 0 saturated carbocycles. The summed E-state index contributed by atoms with van der Waals surface area (Å²) in [6.07, 6.45) is 1.64. The second-order valence-electron chi connectivity index (χ2n) is 9.50. The molecule has 0 bridgehead atoms. The summed E-state index contributed by atoms with van der Waals surface area (Å²) in [6.45, 7) is 8.25. The number of fused-ring (bicyclic) bond motifs is 3. The van der Waals surface area contributed by atoms with Gasteiger partial charge in [-0.1, -0.05) is 20.8 Å². The number of aliphatic hydroxyl groups is 1. The van der Waals surface area contributed by atoms with Crippen molar-refractivity contribution >= 4 is 11.6 Å². The molecule has 2 aliphatic rings. The predicted octanol–water partition coefficient (Wildman–Crippen LogP) is 5.01. The van der Waals surface area contributed by atoms with E-state index < -0.39 is 11.8 Å². The molecule has 2 heterocycles. The Morgan fingerprint density at radius 1 is 1.24 bits per heavy atom. The van der Waals surface area contributed by atoms with Crippen LogP contribution in [0.25, 0.3) is 0 Å². The van der Waals surface area contributed by atoms with Crippen LogP contribution in [0, 0.1) is 11.3 Å². The molecule has 0 spiro atoms. The number of alkyl halides is 3. The standard InChI is InChI=1S/C22H32ClF2NO3/c1-21(2,3)12-15-13-26-7-5-14-9-20(29-8-6-22(23,24)25)19(28-4)10-16(14)17(26)11-18(15)27/h9-10,15,17-18,27H,5-8,11-13H2,1-4H3. The second-order valence-corrected chi connectivity index (χ2v) is 10.1. The van der Waals surface area contributed by atoms with Gasteiger partial charge in [-0.05, 0) is 65.5 Å². The van der Waals surface area contributed by atoms with Crippen molar-refractivity contribution in [1.29, 1.82) is 0 Å². The molecule has 3 rings (SSSR count). The average molecular weight is 432 g/mol. The molecule has 3 unspecified atom stereocenters. The lowest BCUT2D eigenvalue weighted by atomic mass is 9.75. The highest BCUT2D eigenvalue weighted by atomic mass is 35.5. The summed E-state index contributed by atoms with van der Waals surface area (Å²) in [5.41, 5.74) is 2.44. The van der Waals surface area contributed by atoms with E-state index in [1.165, 1.54) is 0 Å². The highest BCUT2D eigenvalue weighted by molar-refractivity contribution is 6.21. The smallest absolute Gasteiger partial charge is 0.324 e. The largest absolute Gasteiger partial charge is 0.493 e. The van der Waals surface area contributed by atoms with Gasteiger partial charge in [0.1, 0.15) is 0 Å². The highest BCUT2D eigenvalue weighted by Gasteiger charge is 2.39. The Labute approximate surface area is 177 Å². The summed E-state index contributed by atoms with van der Waals surface area (Å²) >= 11 is 4.96. The minimum atomic E-state index is -3.27. The molecular weight excluding hydrogens is 400 g/mol. The molecule has 1 saturated heterocycles. The van der Waals surface area contributed by atoms with Crippen LogP contribution in [0.15, 0.2) is 12.1 Å². The van der Waals surface area contributed by atoms with Gasteiger partial charge in [0, 0.05) is 19.1 Å². The molecule has 3 atom stereocenters. The summed E-state index contributed by atoms with van der Waals surface area (Å²) < 4.78 is 36.7. The van der Waals surface area contributed by atoms with Gasteiger partial charge in [-0.25, -0.2) is 0 Å². The van der Waals surface area contributed by atoms with Crippen molar-refractivity contribution in [1.82, 2.24) is 4.90 Å². The van der Waals surface area contributed by atoms with Crippen LogP contribution in [-0.4, -0.2) is 48.3 Å². The maximum atomic E-state index is 12.9. The highest BCUT2D eigenvalue weighted by Crippen LogP contribution is 2.44. The first-order chi connectivity index (χ1) is 13.5. The lowest BCUT2D eigenvalue weighted by Crippen LogP contribution is -2.48. The second kappa shape index (κ2) is 8.56. The SMILES string of the molecule is COc1cc2c(cc1OCCC(F)(F)Cl)CCN1CC(CC(C)(C)C)C(O)CC21. The minimum Gasteiger partial charge on any atom is -0.493 e. The monoisotopic (exact) mass is 431 g/mol. The van der Waals surface area contributed by atoms with Gasteiger partial charge in [-0.2, -0.15) is 8.78 Å². The van der Waals surface area contributed by atoms with E-state index in [1.807, 2.05) is 12.1 Å². The molecular formula is C22H32ClF2NO3. The van der Waals surface area contributed by atoms with E-state index in [4.69, 9.17) is 21.1 Å². The molecule has 29 heavy (non-hydrogen) atoms. The van der Waals surface area contributed by atoms with Crippen molar-refractivity contribution in [2.75, 3.05) is 26.8 Å². The molecule has 1 aromatic rings. The normalized spacial score (nSPS) is 25.3. The average Bonchev–Trinajstić information content (AvgIpc) is 2.59. The Hall–Kier alpha value is -1.11. The van der Waals surface area contributed by atoms with Crippen molar-refractivity contribution < 1.29 is 23.4 Å². The Balaban J connectivity index is 1.77. The zero-order chi connectivity index (χ0) is 21.4. The fraction of sp³-hybridized carbons (Fsp3) is 0.727. The van der Waals surface area contributed by atoms with E-state index in [0.717, 1.165) is 37.1 Å². The Bertz CT molecular complexity index is 717. The molecule has 4 nitrogen and oxygen atoms in total. The molecule has 7 heteroatoms. The summed E-state index contributed by atoms with van der Waals surface area (Å²) in [6, 6.07) is 3.97. The third-order valence-electron chi connectivity index (χ3n) is 5.89. The third-order valence-corrected chi connectivity index (χ3v) is 6.08. The first-order valence-corrected chi connectivity index (χ1v) is 10.7. The number of nitrogens with zero attached hydrogens (tertiary/aromatic N) is 1. The predicted molar refractivity (Wildman–Crippen MR) is 110 cm³/mol. The quantitative estimate of drug-likeness (QED) is 0.643. The maximum Gasteiger partial charge on any atom is 0.324 e. The van der Waals surface area contributed by atoms with E-state index in [0.29, 0.717) is 17.9 Å².